The summed E-state index contributed by atoms with van der Waals surface area (Å²) in [4.78, 5) is 26.7. The first-order valence-corrected chi connectivity index (χ1v) is 8.74. The van der Waals surface area contributed by atoms with E-state index in [4.69, 9.17) is 4.74 Å². The molecule has 1 heterocycles. The van der Waals surface area contributed by atoms with Gasteiger partial charge in [0.05, 0.1) is 6.04 Å². The summed E-state index contributed by atoms with van der Waals surface area (Å²) in [7, 11) is 0. The Labute approximate surface area is 148 Å². The molecule has 0 N–H and O–H groups in total. The van der Waals surface area contributed by atoms with E-state index < -0.39 is 12.2 Å². The van der Waals surface area contributed by atoms with E-state index >= 15 is 0 Å². The highest BCUT2D eigenvalue weighted by Gasteiger charge is 2.44. The summed E-state index contributed by atoms with van der Waals surface area (Å²) in [5.41, 5.74) is 2.01. The van der Waals surface area contributed by atoms with Crippen LogP contribution < -0.4 is 0 Å². The molecular weight excluding hydrogens is 314 g/mol. The first-order chi connectivity index (χ1) is 12.1. The highest BCUT2D eigenvalue weighted by atomic mass is 16.6. The molecule has 3 rings (SSSR count). The molecule has 0 saturated carbocycles. The van der Waals surface area contributed by atoms with E-state index in [1.165, 1.54) is 4.90 Å². The highest BCUT2D eigenvalue weighted by molar-refractivity contribution is 5.95. The van der Waals surface area contributed by atoms with Gasteiger partial charge in [0.2, 0.25) is 5.91 Å². The summed E-state index contributed by atoms with van der Waals surface area (Å²) in [5, 5.41) is 0. The van der Waals surface area contributed by atoms with E-state index in [1.54, 1.807) is 0 Å². The summed E-state index contributed by atoms with van der Waals surface area (Å²) in [6, 6.07) is 19.2. The van der Waals surface area contributed by atoms with Crippen molar-refractivity contribution in [1.82, 2.24) is 4.90 Å². The third kappa shape index (κ3) is 3.58. The largest absolute Gasteiger partial charge is 0.439 e. The predicted molar refractivity (Wildman–Crippen MR) is 95.9 cm³/mol. The van der Waals surface area contributed by atoms with Crippen LogP contribution in [-0.4, -0.2) is 22.9 Å². The summed E-state index contributed by atoms with van der Waals surface area (Å²) in [6.07, 6.45) is 0.355. The van der Waals surface area contributed by atoms with Gasteiger partial charge in [-0.25, -0.2) is 9.69 Å². The number of hydrogen-bond donors (Lipinski definition) is 0. The van der Waals surface area contributed by atoms with Crippen molar-refractivity contribution in [3.8, 4) is 0 Å². The second-order valence-electron chi connectivity index (χ2n) is 6.46. The van der Waals surface area contributed by atoms with E-state index in [0.717, 1.165) is 11.1 Å². The molecule has 1 aliphatic rings. The van der Waals surface area contributed by atoms with Crippen molar-refractivity contribution in [3.05, 3.63) is 71.8 Å². The minimum absolute atomic E-state index is 0.151. The normalized spacial score (nSPS) is 21.0. The monoisotopic (exact) mass is 337 g/mol. The van der Waals surface area contributed by atoms with Gasteiger partial charge in [-0.05, 0) is 30.9 Å². The number of hydrogen-bond acceptors (Lipinski definition) is 3. The molecule has 2 amide bonds. The van der Waals surface area contributed by atoms with Crippen LogP contribution in [0.5, 0.6) is 0 Å². The lowest BCUT2D eigenvalue weighted by Crippen LogP contribution is -2.42. The molecule has 1 aliphatic heterocycles. The zero-order chi connectivity index (χ0) is 17.8. The highest BCUT2D eigenvalue weighted by Crippen LogP contribution is 2.33. The number of amides is 2. The van der Waals surface area contributed by atoms with Crippen molar-refractivity contribution in [2.24, 2.45) is 5.92 Å². The second kappa shape index (κ2) is 7.51. The Bertz CT molecular complexity index is 729. The molecule has 4 heteroatoms. The molecule has 1 fully saturated rings. The predicted octanol–water partition coefficient (Wildman–Crippen LogP) is 4.36. The molecule has 3 atom stereocenters. The van der Waals surface area contributed by atoms with Gasteiger partial charge in [-0.3, -0.25) is 4.79 Å². The molecule has 0 radical (unpaired) electrons. The van der Waals surface area contributed by atoms with Gasteiger partial charge in [0.1, 0.15) is 6.10 Å². The quantitative estimate of drug-likeness (QED) is 0.814. The molecule has 0 spiro atoms. The Hall–Kier alpha value is -2.62. The molecule has 2 aromatic carbocycles. The molecule has 25 heavy (non-hydrogen) atoms. The summed E-state index contributed by atoms with van der Waals surface area (Å²) < 4.78 is 5.50. The van der Waals surface area contributed by atoms with Crippen molar-refractivity contribution in [2.75, 3.05) is 0 Å². The Kier molecular flexibility index (Phi) is 5.17. The average molecular weight is 337 g/mol. The standard InChI is InChI=1S/C21H23NO3/c1-3-17(14-16-10-6-4-7-11-16)20(23)22-15(2)19(25-21(22)24)18-12-8-5-9-13-18/h4-13,15,17,19H,3,14H2,1-2H3/t15?,17?,19-/m0/s1. The third-order valence-electron chi connectivity index (χ3n) is 4.80. The fourth-order valence-electron chi connectivity index (χ4n) is 3.35. The second-order valence-corrected chi connectivity index (χ2v) is 6.46. The number of ether oxygens (including phenoxy) is 1. The van der Waals surface area contributed by atoms with Crippen LogP contribution in [0.15, 0.2) is 60.7 Å². The molecule has 2 aromatic rings. The number of cyclic esters (lactones) is 1. The van der Waals surface area contributed by atoms with E-state index in [0.29, 0.717) is 12.8 Å². The van der Waals surface area contributed by atoms with Crippen LogP contribution in [0.25, 0.3) is 0 Å². The smallest absolute Gasteiger partial charge is 0.417 e. The number of carbonyl (C=O) groups excluding carboxylic acids is 2. The lowest BCUT2D eigenvalue weighted by molar-refractivity contribution is -0.133. The lowest BCUT2D eigenvalue weighted by atomic mass is 9.94. The SMILES string of the molecule is CCC(Cc1ccccc1)C(=O)N1C(=O)O[C@H](c2ccccc2)C1C. The number of rotatable bonds is 5. The summed E-state index contributed by atoms with van der Waals surface area (Å²) >= 11 is 0. The van der Waals surface area contributed by atoms with Crippen molar-refractivity contribution in [3.63, 3.8) is 0 Å². The first-order valence-electron chi connectivity index (χ1n) is 8.74. The van der Waals surface area contributed by atoms with Gasteiger partial charge in [-0.2, -0.15) is 0 Å². The lowest BCUT2D eigenvalue weighted by Gasteiger charge is -2.24. The Balaban J connectivity index is 1.77. The number of nitrogens with zero attached hydrogens (tertiary/aromatic N) is 1. The molecule has 2 unspecified atom stereocenters. The minimum atomic E-state index is -0.544. The van der Waals surface area contributed by atoms with Crippen LogP contribution in [0.1, 0.15) is 37.5 Å². The van der Waals surface area contributed by atoms with Crippen LogP contribution in [0, 0.1) is 5.92 Å². The van der Waals surface area contributed by atoms with Crippen LogP contribution >= 0.6 is 0 Å². The molecule has 0 aromatic heterocycles. The number of benzene rings is 2. The maximum Gasteiger partial charge on any atom is 0.417 e. The fourth-order valence-corrected chi connectivity index (χ4v) is 3.35. The Morgan fingerprint density at radius 3 is 2.28 bits per heavy atom. The minimum Gasteiger partial charge on any atom is -0.439 e. The van der Waals surface area contributed by atoms with Crippen molar-refractivity contribution in [1.29, 1.82) is 0 Å². The topological polar surface area (TPSA) is 46.6 Å². The van der Waals surface area contributed by atoms with Gasteiger partial charge < -0.3 is 4.74 Å². The average Bonchev–Trinajstić information content (AvgIpc) is 2.95. The maximum atomic E-state index is 13.0. The Morgan fingerprint density at radius 1 is 1.08 bits per heavy atom. The van der Waals surface area contributed by atoms with Crippen LogP contribution in [0.4, 0.5) is 4.79 Å². The fraction of sp³-hybridized carbons (Fsp3) is 0.333. The molecule has 0 aliphatic carbocycles. The van der Waals surface area contributed by atoms with Crippen LogP contribution in [-0.2, 0) is 16.0 Å². The van der Waals surface area contributed by atoms with Gasteiger partial charge >= 0.3 is 6.09 Å². The van der Waals surface area contributed by atoms with Crippen LogP contribution in [0.2, 0.25) is 0 Å². The van der Waals surface area contributed by atoms with E-state index in [-0.39, 0.29) is 17.9 Å². The molecule has 0 bridgehead atoms. The summed E-state index contributed by atoms with van der Waals surface area (Å²) in [6.45, 7) is 3.85. The molecule has 1 saturated heterocycles. The van der Waals surface area contributed by atoms with Crippen molar-refractivity contribution < 1.29 is 14.3 Å². The molecular formula is C21H23NO3. The molecule has 4 nitrogen and oxygen atoms in total. The van der Waals surface area contributed by atoms with E-state index in [9.17, 15) is 9.59 Å². The van der Waals surface area contributed by atoms with E-state index in [1.807, 2.05) is 74.5 Å². The maximum absolute atomic E-state index is 13.0. The van der Waals surface area contributed by atoms with Gasteiger partial charge in [-0.15, -0.1) is 0 Å². The summed E-state index contributed by atoms with van der Waals surface area (Å²) in [5.74, 6) is -0.380. The molecule has 130 valence electrons. The van der Waals surface area contributed by atoms with Crippen molar-refractivity contribution >= 4 is 12.0 Å². The van der Waals surface area contributed by atoms with Crippen LogP contribution in [0.3, 0.4) is 0 Å². The number of carbonyl (C=O) groups is 2. The van der Waals surface area contributed by atoms with E-state index in [2.05, 4.69) is 0 Å². The van der Waals surface area contributed by atoms with Gasteiger partial charge in [0, 0.05) is 5.92 Å². The zero-order valence-corrected chi connectivity index (χ0v) is 14.6. The van der Waals surface area contributed by atoms with Gasteiger partial charge in [0.25, 0.3) is 0 Å². The van der Waals surface area contributed by atoms with Gasteiger partial charge in [-0.1, -0.05) is 67.6 Å². The van der Waals surface area contributed by atoms with Gasteiger partial charge in [0.15, 0.2) is 0 Å². The van der Waals surface area contributed by atoms with Crippen molar-refractivity contribution in [2.45, 2.75) is 38.8 Å². The zero-order valence-electron chi connectivity index (χ0n) is 14.6. The first kappa shape index (κ1) is 17.2. The Morgan fingerprint density at radius 2 is 1.68 bits per heavy atom. The third-order valence-corrected chi connectivity index (χ3v) is 4.80. The number of imide groups is 1.